The van der Waals surface area contributed by atoms with Crippen LogP contribution in [0.3, 0.4) is 0 Å². The molecule has 3 aliphatic rings. The van der Waals surface area contributed by atoms with Gasteiger partial charge in [0.2, 0.25) is 5.91 Å². The predicted molar refractivity (Wildman–Crippen MR) is 65.3 cm³/mol. The number of carbonyl (C=O) groups excluding carboxylic acids is 2. The quantitative estimate of drug-likeness (QED) is 0.293. The van der Waals surface area contributed by atoms with Crippen LogP contribution >= 0.6 is 0 Å². The van der Waals surface area contributed by atoms with Gasteiger partial charge in [0.15, 0.2) is 9.84 Å². The number of fused-ring (bicyclic) bond motifs is 1. The Labute approximate surface area is 144 Å². The van der Waals surface area contributed by atoms with Gasteiger partial charge in [-0.1, -0.05) is 5.22 Å². The molecule has 9 nitrogen and oxygen atoms in total. The fourth-order valence-electron chi connectivity index (χ4n) is 2.90. The maximum absolute atomic E-state index is 12.5. The van der Waals surface area contributed by atoms with Gasteiger partial charge >= 0.3 is 29.6 Å². The summed E-state index contributed by atoms with van der Waals surface area (Å²) >= 11 is 0. The molecule has 0 unspecified atom stereocenters. The summed E-state index contributed by atoms with van der Waals surface area (Å²) in [5, 5.41) is 8.26. The molecular formula is C10H14N4NaO5S-. The number of hydrogen-bond acceptors (Lipinski definition) is 8. The second-order valence-electron chi connectivity index (χ2n) is 5.18. The van der Waals surface area contributed by atoms with Crippen molar-refractivity contribution in [3.63, 3.8) is 0 Å². The Morgan fingerprint density at radius 1 is 1.48 bits per heavy atom. The van der Waals surface area contributed by atoms with Crippen LogP contribution in [-0.2, 0) is 19.4 Å². The number of amides is 1. The number of carbonyl (C=O) groups is 1. The van der Waals surface area contributed by atoms with E-state index in [-0.39, 0.29) is 53.9 Å². The molecule has 1 N–H and O–H groups in total. The van der Waals surface area contributed by atoms with E-state index in [2.05, 4.69) is 10.3 Å². The summed E-state index contributed by atoms with van der Waals surface area (Å²) in [6.45, 7) is 2.57. The number of rotatable bonds is 3. The van der Waals surface area contributed by atoms with E-state index < -0.39 is 26.0 Å². The maximum atomic E-state index is 12.5. The van der Waals surface area contributed by atoms with E-state index >= 15 is 0 Å². The third kappa shape index (κ3) is 2.33. The van der Waals surface area contributed by atoms with E-state index in [4.69, 9.17) is 0 Å². The van der Waals surface area contributed by atoms with Crippen LogP contribution in [0.1, 0.15) is 13.3 Å². The molecule has 0 aliphatic carbocycles. The first-order chi connectivity index (χ1) is 8.91. The molecule has 3 heterocycles. The van der Waals surface area contributed by atoms with E-state index in [9.17, 15) is 18.0 Å². The van der Waals surface area contributed by atoms with Gasteiger partial charge in [-0.15, -0.1) is 0 Å². The molecule has 3 rings (SSSR count). The van der Waals surface area contributed by atoms with Crippen molar-refractivity contribution in [1.29, 1.82) is 0 Å². The normalized spacial score (nSPS) is 35.6. The smallest absolute Gasteiger partial charge is 0.870 e. The van der Waals surface area contributed by atoms with E-state index in [0.29, 0.717) is 13.1 Å². The van der Waals surface area contributed by atoms with Crippen molar-refractivity contribution >= 4 is 22.0 Å². The van der Waals surface area contributed by atoms with Crippen LogP contribution in [0.5, 0.6) is 0 Å². The van der Waals surface area contributed by atoms with Gasteiger partial charge in [0.25, 0.3) is 0 Å². The summed E-state index contributed by atoms with van der Waals surface area (Å²) in [5.74, 6) is -0.311. The van der Waals surface area contributed by atoms with E-state index in [1.807, 2.05) is 0 Å². The fraction of sp³-hybridized carbons (Fsp3) is 0.800. The van der Waals surface area contributed by atoms with Crippen LogP contribution in [0.2, 0.25) is 0 Å². The molecule has 0 spiro atoms. The van der Waals surface area contributed by atoms with Crippen molar-refractivity contribution in [2.75, 3.05) is 19.6 Å². The standard InChI is InChI=1S/C10H13N4O4S.Na.H2O/c1-10(6-13-3-2-11-12-13)7(5-15)14-8(16)4-9(14)19(10,17)18;;/h7,9H,2-4,6H2,1H3;;1H2/q-1;+1;/p-1/t7-,9+,10-;;/m0../s1. The average molecular weight is 325 g/mol. The van der Waals surface area contributed by atoms with Crippen molar-refractivity contribution in [3.05, 3.63) is 0 Å². The van der Waals surface area contributed by atoms with Crippen molar-refractivity contribution in [2.24, 2.45) is 10.3 Å². The zero-order valence-corrected chi connectivity index (χ0v) is 14.6. The van der Waals surface area contributed by atoms with E-state index in [1.54, 1.807) is 6.29 Å². The number of nitrogens with zero attached hydrogens (tertiary/aromatic N) is 4. The minimum absolute atomic E-state index is 0. The Kier molecular flexibility index (Phi) is 5.21. The Hall–Kier alpha value is -0.550. The number of sulfone groups is 1. The largest absolute Gasteiger partial charge is 1.00 e. The van der Waals surface area contributed by atoms with Crippen molar-refractivity contribution in [2.45, 2.75) is 29.5 Å². The molecule has 1 amide bonds. The van der Waals surface area contributed by atoms with Crippen LogP contribution < -0.4 is 29.6 Å². The van der Waals surface area contributed by atoms with E-state index in [0.717, 1.165) is 4.90 Å². The van der Waals surface area contributed by atoms with Crippen LogP contribution in [0.4, 0.5) is 0 Å². The summed E-state index contributed by atoms with van der Waals surface area (Å²) in [7, 11) is -3.61. The minimum Gasteiger partial charge on any atom is -0.870 e. The molecule has 3 aliphatic heterocycles. The third-order valence-electron chi connectivity index (χ3n) is 4.07. The van der Waals surface area contributed by atoms with Crippen molar-refractivity contribution < 1.29 is 53.0 Å². The molecule has 3 atom stereocenters. The minimum atomic E-state index is -3.61. The van der Waals surface area contributed by atoms with Gasteiger partial charge in [-0.2, -0.15) is 5.11 Å². The van der Waals surface area contributed by atoms with Crippen LogP contribution in [-0.4, -0.2) is 71.8 Å². The predicted octanol–water partition coefficient (Wildman–Crippen LogP) is -4.28. The van der Waals surface area contributed by atoms with Gasteiger partial charge < -0.3 is 15.2 Å². The first kappa shape index (κ1) is 18.5. The molecule has 2 fully saturated rings. The molecule has 0 bridgehead atoms. The van der Waals surface area contributed by atoms with Gasteiger partial charge in [0, 0.05) is 0 Å². The number of β-lactam (4-membered cyclic amide) rings is 1. The van der Waals surface area contributed by atoms with Gasteiger partial charge in [0.05, 0.1) is 30.8 Å². The van der Waals surface area contributed by atoms with Gasteiger partial charge in [-0.25, -0.2) is 14.7 Å². The molecule has 2 saturated heterocycles. The fourth-order valence-corrected chi connectivity index (χ4v) is 5.23. The average Bonchev–Trinajstić information content (AvgIpc) is 2.87. The second-order valence-corrected chi connectivity index (χ2v) is 7.75. The van der Waals surface area contributed by atoms with Gasteiger partial charge in [0.1, 0.15) is 5.37 Å². The van der Waals surface area contributed by atoms with Crippen molar-refractivity contribution in [1.82, 2.24) is 9.91 Å². The molecule has 0 aromatic rings. The summed E-state index contributed by atoms with van der Waals surface area (Å²) < 4.78 is 23.6. The van der Waals surface area contributed by atoms with Gasteiger partial charge in [-0.05, 0) is 13.0 Å². The molecule has 21 heavy (non-hydrogen) atoms. The van der Waals surface area contributed by atoms with Crippen LogP contribution in [0, 0.1) is 0 Å². The van der Waals surface area contributed by atoms with Crippen LogP contribution in [0.15, 0.2) is 10.3 Å². The summed E-state index contributed by atoms with van der Waals surface area (Å²) in [6, 6.07) is -1.06. The SMILES string of the molecule is C[C@]1(CN2CCN=N2)[C@H]([C-]=O)N2C(=O)C[C@H]2S1(=O)=O.[Na+].[OH-]. The zero-order valence-electron chi connectivity index (χ0n) is 11.8. The Balaban J connectivity index is 0.00000110. The summed E-state index contributed by atoms with van der Waals surface area (Å²) in [6.07, 6.45) is 1.68. The molecule has 11 heteroatoms. The Morgan fingerprint density at radius 3 is 2.62 bits per heavy atom. The molecule has 0 radical (unpaired) electrons. The molecule has 0 aromatic carbocycles. The zero-order chi connectivity index (χ0) is 13.8. The summed E-state index contributed by atoms with van der Waals surface area (Å²) in [4.78, 5) is 23.8. The molecular weight excluding hydrogens is 311 g/mol. The topological polar surface area (TPSA) is 129 Å². The Bertz CT molecular complexity index is 582. The first-order valence-corrected chi connectivity index (χ1v) is 7.51. The molecule has 0 saturated carbocycles. The second kappa shape index (κ2) is 5.92. The number of hydrogen-bond donors (Lipinski definition) is 0. The third-order valence-corrected chi connectivity index (χ3v) is 6.83. The Morgan fingerprint density at radius 2 is 2.14 bits per heavy atom. The monoisotopic (exact) mass is 325 g/mol. The van der Waals surface area contributed by atoms with Gasteiger partial charge in [-0.3, -0.25) is 9.80 Å². The van der Waals surface area contributed by atoms with E-state index in [1.165, 1.54) is 11.9 Å². The van der Waals surface area contributed by atoms with Crippen molar-refractivity contribution in [3.8, 4) is 0 Å². The maximum Gasteiger partial charge on any atom is 1.00 e. The first-order valence-electron chi connectivity index (χ1n) is 5.96. The summed E-state index contributed by atoms with van der Waals surface area (Å²) in [5.41, 5.74) is 0. The molecule has 0 aromatic heterocycles. The molecule has 112 valence electrons. The van der Waals surface area contributed by atoms with Crippen LogP contribution in [0.25, 0.3) is 0 Å².